The molecule has 1 aromatic carbocycles. The van der Waals surface area contributed by atoms with E-state index in [9.17, 15) is 4.79 Å². The third-order valence-corrected chi connectivity index (χ3v) is 1.53. The van der Waals surface area contributed by atoms with Crippen LogP contribution in [0.5, 0.6) is 0 Å². The molecule has 0 aromatic heterocycles. The molecule has 0 N–H and O–H groups in total. The molecular formula is C12H18O2. The summed E-state index contributed by atoms with van der Waals surface area (Å²) in [5.41, 5.74) is 1.32. The van der Waals surface area contributed by atoms with Gasteiger partial charge in [-0.2, -0.15) is 0 Å². The van der Waals surface area contributed by atoms with E-state index in [4.69, 9.17) is 0 Å². The van der Waals surface area contributed by atoms with E-state index in [0.29, 0.717) is 13.0 Å². The molecule has 0 saturated carbocycles. The molecule has 0 atom stereocenters. The molecule has 78 valence electrons. The Morgan fingerprint density at radius 3 is 2.00 bits per heavy atom. The van der Waals surface area contributed by atoms with Crippen LogP contribution in [0.25, 0.3) is 0 Å². The van der Waals surface area contributed by atoms with Gasteiger partial charge in [-0.15, -0.1) is 0 Å². The van der Waals surface area contributed by atoms with Gasteiger partial charge in [-0.3, -0.25) is 4.79 Å². The summed E-state index contributed by atoms with van der Waals surface area (Å²) in [4.78, 5) is 10.2. The number of hydrogen-bond acceptors (Lipinski definition) is 2. The summed E-state index contributed by atoms with van der Waals surface area (Å²) in [5, 5.41) is 0. The van der Waals surface area contributed by atoms with Gasteiger partial charge in [0.25, 0.3) is 0 Å². The first-order valence-corrected chi connectivity index (χ1v) is 4.88. The Balaban J connectivity index is 0.000000241. The second-order valence-electron chi connectivity index (χ2n) is 2.81. The lowest BCUT2D eigenvalue weighted by Gasteiger charge is -1.93. The molecule has 0 aliphatic rings. The minimum atomic E-state index is -0.123. The van der Waals surface area contributed by atoms with E-state index >= 15 is 0 Å². The average Bonchev–Trinajstić information content (AvgIpc) is 2.20. The van der Waals surface area contributed by atoms with Crippen LogP contribution < -0.4 is 0 Å². The van der Waals surface area contributed by atoms with E-state index in [-0.39, 0.29) is 5.97 Å². The van der Waals surface area contributed by atoms with Crippen molar-refractivity contribution in [3.05, 3.63) is 35.9 Å². The van der Waals surface area contributed by atoms with Gasteiger partial charge in [0.05, 0.1) is 6.61 Å². The molecule has 0 fully saturated rings. The summed E-state index contributed by atoms with van der Waals surface area (Å²) >= 11 is 0. The van der Waals surface area contributed by atoms with E-state index in [1.165, 1.54) is 5.56 Å². The van der Waals surface area contributed by atoms with Crippen molar-refractivity contribution < 1.29 is 9.53 Å². The van der Waals surface area contributed by atoms with Crippen molar-refractivity contribution in [1.82, 2.24) is 0 Å². The standard InChI is InChI=1S/C7H8.C5H10O2/c1-7-5-3-2-4-6-7;1-3-5(6)7-4-2/h2-6H,1H3;3-4H2,1-2H3. The monoisotopic (exact) mass is 194 g/mol. The molecule has 2 heteroatoms. The Morgan fingerprint density at radius 2 is 1.79 bits per heavy atom. The lowest BCUT2D eigenvalue weighted by Crippen LogP contribution is -2.00. The van der Waals surface area contributed by atoms with Crippen LogP contribution in [0.15, 0.2) is 30.3 Å². The van der Waals surface area contributed by atoms with Crippen LogP contribution in [-0.2, 0) is 9.53 Å². The highest BCUT2D eigenvalue weighted by atomic mass is 16.5. The van der Waals surface area contributed by atoms with Gasteiger partial charge in [0, 0.05) is 6.42 Å². The Bertz CT molecular complexity index is 242. The van der Waals surface area contributed by atoms with Gasteiger partial charge >= 0.3 is 5.97 Å². The van der Waals surface area contributed by atoms with Crippen molar-refractivity contribution in [2.45, 2.75) is 27.2 Å². The van der Waals surface area contributed by atoms with Gasteiger partial charge in [0.1, 0.15) is 0 Å². The van der Waals surface area contributed by atoms with Crippen LogP contribution in [0.4, 0.5) is 0 Å². The van der Waals surface area contributed by atoms with E-state index in [1.54, 1.807) is 13.8 Å². The van der Waals surface area contributed by atoms with Gasteiger partial charge in [-0.05, 0) is 13.8 Å². The molecule has 0 saturated heterocycles. The molecule has 14 heavy (non-hydrogen) atoms. The van der Waals surface area contributed by atoms with Crippen molar-refractivity contribution in [3.8, 4) is 0 Å². The van der Waals surface area contributed by atoms with Crippen molar-refractivity contribution >= 4 is 5.97 Å². The van der Waals surface area contributed by atoms with Crippen molar-refractivity contribution in [1.29, 1.82) is 0 Å². The SMILES string of the molecule is CCOC(=O)CC.Cc1ccccc1. The minimum absolute atomic E-state index is 0.123. The van der Waals surface area contributed by atoms with Crippen LogP contribution in [-0.4, -0.2) is 12.6 Å². The highest BCUT2D eigenvalue weighted by Crippen LogP contribution is 1.92. The predicted octanol–water partition coefficient (Wildman–Crippen LogP) is 2.95. The van der Waals surface area contributed by atoms with Crippen LogP contribution in [0.3, 0.4) is 0 Å². The molecule has 0 bridgehead atoms. The number of benzene rings is 1. The first kappa shape index (κ1) is 12.7. The molecule has 0 heterocycles. The van der Waals surface area contributed by atoms with E-state index < -0.39 is 0 Å². The van der Waals surface area contributed by atoms with E-state index in [0.717, 1.165) is 0 Å². The van der Waals surface area contributed by atoms with E-state index in [1.807, 2.05) is 18.2 Å². The summed E-state index contributed by atoms with van der Waals surface area (Å²) in [6, 6.07) is 10.3. The lowest BCUT2D eigenvalue weighted by atomic mass is 10.2. The molecule has 0 radical (unpaired) electrons. The summed E-state index contributed by atoms with van der Waals surface area (Å²) in [7, 11) is 0. The zero-order valence-corrected chi connectivity index (χ0v) is 9.12. The first-order chi connectivity index (χ1) is 6.70. The van der Waals surface area contributed by atoms with Crippen molar-refractivity contribution in [2.75, 3.05) is 6.61 Å². The smallest absolute Gasteiger partial charge is 0.305 e. The number of esters is 1. The van der Waals surface area contributed by atoms with Crippen molar-refractivity contribution in [2.24, 2.45) is 0 Å². The number of rotatable bonds is 2. The fourth-order valence-electron chi connectivity index (χ4n) is 0.797. The maximum Gasteiger partial charge on any atom is 0.305 e. The van der Waals surface area contributed by atoms with Gasteiger partial charge in [-0.25, -0.2) is 0 Å². The molecule has 2 nitrogen and oxygen atoms in total. The van der Waals surface area contributed by atoms with E-state index in [2.05, 4.69) is 23.8 Å². The third kappa shape index (κ3) is 7.35. The average molecular weight is 194 g/mol. The van der Waals surface area contributed by atoms with Crippen LogP contribution in [0.1, 0.15) is 25.8 Å². The molecule has 0 spiro atoms. The largest absolute Gasteiger partial charge is 0.466 e. The third-order valence-electron chi connectivity index (χ3n) is 1.53. The van der Waals surface area contributed by atoms with Crippen LogP contribution in [0, 0.1) is 6.92 Å². The molecule has 1 rings (SSSR count). The maximum absolute atomic E-state index is 10.2. The summed E-state index contributed by atoms with van der Waals surface area (Å²) in [5.74, 6) is -0.123. The van der Waals surface area contributed by atoms with Gasteiger partial charge in [0.15, 0.2) is 0 Å². The summed E-state index contributed by atoms with van der Waals surface area (Å²) < 4.78 is 4.55. The molecule has 0 unspecified atom stereocenters. The number of carbonyl (C=O) groups is 1. The van der Waals surface area contributed by atoms with Crippen molar-refractivity contribution in [3.63, 3.8) is 0 Å². The highest BCUT2D eigenvalue weighted by Gasteiger charge is 1.91. The fourth-order valence-corrected chi connectivity index (χ4v) is 0.797. The highest BCUT2D eigenvalue weighted by molar-refractivity contribution is 5.68. The Labute approximate surface area is 85.9 Å². The fraction of sp³-hybridized carbons (Fsp3) is 0.417. The Hall–Kier alpha value is -1.31. The van der Waals surface area contributed by atoms with Gasteiger partial charge < -0.3 is 4.74 Å². The summed E-state index contributed by atoms with van der Waals surface area (Å²) in [6.07, 6.45) is 0.480. The maximum atomic E-state index is 10.2. The van der Waals surface area contributed by atoms with Gasteiger partial charge in [0.2, 0.25) is 0 Å². The normalized spacial score (nSPS) is 8.50. The zero-order valence-electron chi connectivity index (χ0n) is 9.12. The Kier molecular flexibility index (Phi) is 7.52. The lowest BCUT2D eigenvalue weighted by molar-refractivity contribution is -0.142. The number of carbonyl (C=O) groups excluding carboxylic acids is 1. The molecule has 0 amide bonds. The van der Waals surface area contributed by atoms with Crippen LogP contribution in [0.2, 0.25) is 0 Å². The number of aryl methyl sites for hydroxylation is 1. The number of ether oxygens (including phenoxy) is 1. The molecule has 0 aliphatic heterocycles. The molecule has 1 aromatic rings. The number of hydrogen-bond donors (Lipinski definition) is 0. The van der Waals surface area contributed by atoms with Gasteiger partial charge in [-0.1, -0.05) is 42.8 Å². The Morgan fingerprint density at radius 1 is 1.21 bits per heavy atom. The molecule has 0 aliphatic carbocycles. The zero-order chi connectivity index (χ0) is 10.8. The topological polar surface area (TPSA) is 26.3 Å². The summed E-state index contributed by atoms with van der Waals surface area (Å²) in [6.45, 7) is 6.15. The second-order valence-corrected chi connectivity index (χ2v) is 2.81. The second kappa shape index (κ2) is 8.30. The minimum Gasteiger partial charge on any atom is -0.466 e. The first-order valence-electron chi connectivity index (χ1n) is 4.88. The van der Waals surface area contributed by atoms with Crippen LogP contribution >= 0.6 is 0 Å². The predicted molar refractivity (Wildman–Crippen MR) is 58.1 cm³/mol. The quantitative estimate of drug-likeness (QED) is 0.676. The molecular weight excluding hydrogens is 176 g/mol.